The first-order chi connectivity index (χ1) is 10.9. The van der Waals surface area contributed by atoms with Crippen LogP contribution in [0, 0.1) is 19.7 Å². The lowest BCUT2D eigenvalue weighted by atomic mass is 10.1. The van der Waals surface area contributed by atoms with E-state index in [0.29, 0.717) is 18.3 Å². The third-order valence-electron chi connectivity index (χ3n) is 3.16. The van der Waals surface area contributed by atoms with Crippen molar-refractivity contribution < 1.29 is 9.13 Å². The van der Waals surface area contributed by atoms with Gasteiger partial charge >= 0.3 is 0 Å². The van der Waals surface area contributed by atoms with Crippen molar-refractivity contribution in [3.63, 3.8) is 0 Å². The summed E-state index contributed by atoms with van der Waals surface area (Å²) in [5.74, 6) is 0.657. The third-order valence-corrected chi connectivity index (χ3v) is 3.16. The Hall–Kier alpha value is -1.83. The molecule has 0 saturated carbocycles. The fourth-order valence-corrected chi connectivity index (χ4v) is 2.24. The zero-order chi connectivity index (χ0) is 16.8. The summed E-state index contributed by atoms with van der Waals surface area (Å²) in [4.78, 5) is 4.28. The average molecular weight is 443 g/mol. The van der Waals surface area contributed by atoms with Crippen LogP contribution in [0.25, 0.3) is 0 Å². The Kier molecular flexibility index (Phi) is 7.97. The predicted octanol–water partition coefficient (Wildman–Crippen LogP) is 4.25. The van der Waals surface area contributed by atoms with Crippen LogP contribution < -0.4 is 15.8 Å². The van der Waals surface area contributed by atoms with E-state index >= 15 is 0 Å². The molecule has 0 spiro atoms. The number of ether oxygens (including phenoxy) is 1. The molecule has 0 saturated heterocycles. The van der Waals surface area contributed by atoms with Crippen LogP contribution in [-0.4, -0.2) is 18.6 Å². The molecule has 0 aromatic heterocycles. The van der Waals surface area contributed by atoms with Gasteiger partial charge in [0.25, 0.3) is 0 Å². The number of guanidine groups is 1. The molecule has 24 heavy (non-hydrogen) atoms. The molecule has 0 fully saturated rings. The van der Waals surface area contributed by atoms with Gasteiger partial charge < -0.3 is 15.8 Å². The molecular formula is C18H23FIN3O. The fourth-order valence-electron chi connectivity index (χ4n) is 2.24. The van der Waals surface area contributed by atoms with Crippen molar-refractivity contribution in [1.82, 2.24) is 0 Å². The molecule has 0 amide bonds. The lowest BCUT2D eigenvalue weighted by molar-refractivity contribution is 0.230. The number of nitrogens with one attached hydrogen (secondary N) is 1. The normalized spacial score (nSPS) is 12.2. The van der Waals surface area contributed by atoms with Crippen molar-refractivity contribution in [2.24, 2.45) is 10.7 Å². The summed E-state index contributed by atoms with van der Waals surface area (Å²) in [6.07, 6.45) is -0.167. The lowest BCUT2D eigenvalue weighted by Crippen LogP contribution is -2.25. The number of rotatable bonds is 5. The van der Waals surface area contributed by atoms with Gasteiger partial charge in [0.2, 0.25) is 0 Å². The summed E-state index contributed by atoms with van der Waals surface area (Å²) in [6.45, 7) is 6.35. The highest BCUT2D eigenvalue weighted by atomic mass is 127. The van der Waals surface area contributed by atoms with Crippen LogP contribution in [0.1, 0.15) is 18.1 Å². The number of nitrogens with two attached hydrogens (primary N) is 1. The van der Waals surface area contributed by atoms with Gasteiger partial charge in [0.1, 0.15) is 17.7 Å². The molecular weight excluding hydrogens is 420 g/mol. The largest absolute Gasteiger partial charge is 0.489 e. The van der Waals surface area contributed by atoms with Gasteiger partial charge in [0, 0.05) is 5.69 Å². The maximum atomic E-state index is 12.8. The number of hydrogen-bond donors (Lipinski definition) is 2. The number of anilines is 1. The average Bonchev–Trinajstić information content (AvgIpc) is 2.46. The fraction of sp³-hybridized carbons (Fsp3) is 0.278. The molecule has 6 heteroatoms. The Morgan fingerprint density at radius 3 is 2.33 bits per heavy atom. The monoisotopic (exact) mass is 443 g/mol. The van der Waals surface area contributed by atoms with Crippen molar-refractivity contribution >= 4 is 35.6 Å². The smallest absolute Gasteiger partial charge is 0.193 e. The second-order valence-corrected chi connectivity index (χ2v) is 5.61. The van der Waals surface area contributed by atoms with E-state index in [1.165, 1.54) is 12.1 Å². The summed E-state index contributed by atoms with van der Waals surface area (Å²) in [5, 5.41) is 3.07. The first-order valence-corrected chi connectivity index (χ1v) is 7.50. The maximum absolute atomic E-state index is 12.8. The van der Waals surface area contributed by atoms with Gasteiger partial charge in [-0.15, -0.1) is 24.0 Å². The van der Waals surface area contributed by atoms with Gasteiger partial charge in [-0.05, 0) is 68.3 Å². The third kappa shape index (κ3) is 6.74. The second-order valence-electron chi connectivity index (χ2n) is 5.61. The van der Waals surface area contributed by atoms with Crippen LogP contribution in [-0.2, 0) is 0 Å². The van der Waals surface area contributed by atoms with Gasteiger partial charge in [-0.3, -0.25) is 0 Å². The number of nitrogens with zero attached hydrogens (tertiary/aromatic N) is 1. The molecule has 0 heterocycles. The first-order valence-electron chi connectivity index (χ1n) is 7.50. The van der Waals surface area contributed by atoms with Crippen molar-refractivity contribution in [3.8, 4) is 5.75 Å². The summed E-state index contributed by atoms with van der Waals surface area (Å²) in [6, 6.07) is 12.0. The van der Waals surface area contributed by atoms with Crippen molar-refractivity contribution in [2.45, 2.75) is 26.9 Å². The van der Waals surface area contributed by atoms with Gasteiger partial charge in [-0.2, -0.15) is 0 Å². The summed E-state index contributed by atoms with van der Waals surface area (Å²) < 4.78 is 18.5. The standard InChI is InChI=1S/C18H22FN3O.HI/c1-12-8-13(2)10-16(9-12)22-18(20)21-11-14(3)23-17-6-4-15(19)5-7-17;/h4-10,14H,11H2,1-3H3,(H3,20,21,22);1H. The Morgan fingerprint density at radius 2 is 1.75 bits per heavy atom. The highest BCUT2D eigenvalue weighted by Crippen LogP contribution is 2.14. The minimum absolute atomic E-state index is 0. The van der Waals surface area contributed by atoms with Crippen molar-refractivity contribution in [3.05, 3.63) is 59.4 Å². The SMILES string of the molecule is Cc1cc(C)cc(NC(N)=NCC(C)Oc2ccc(F)cc2)c1.I. The molecule has 2 rings (SSSR count). The van der Waals surface area contributed by atoms with Crippen molar-refractivity contribution in [2.75, 3.05) is 11.9 Å². The summed E-state index contributed by atoms with van der Waals surface area (Å²) in [7, 11) is 0. The highest BCUT2D eigenvalue weighted by molar-refractivity contribution is 14.0. The molecule has 1 atom stereocenters. The van der Waals surface area contributed by atoms with E-state index in [-0.39, 0.29) is 35.9 Å². The molecule has 1 unspecified atom stereocenters. The van der Waals surface area contributed by atoms with Crippen LogP contribution in [0.2, 0.25) is 0 Å². The summed E-state index contributed by atoms with van der Waals surface area (Å²) >= 11 is 0. The van der Waals surface area contributed by atoms with E-state index in [1.807, 2.05) is 32.9 Å². The zero-order valence-corrected chi connectivity index (χ0v) is 16.4. The van der Waals surface area contributed by atoms with E-state index in [2.05, 4.69) is 16.4 Å². The topological polar surface area (TPSA) is 59.6 Å². The molecule has 2 aromatic carbocycles. The van der Waals surface area contributed by atoms with Crippen LogP contribution in [0.5, 0.6) is 5.75 Å². The molecule has 3 N–H and O–H groups in total. The molecule has 4 nitrogen and oxygen atoms in total. The summed E-state index contributed by atoms with van der Waals surface area (Å²) in [5.41, 5.74) is 9.13. The molecule has 0 aliphatic rings. The second kappa shape index (κ2) is 9.46. The van der Waals surface area contributed by atoms with Crippen LogP contribution in [0.15, 0.2) is 47.5 Å². The number of aliphatic imine (C=N–C) groups is 1. The number of aryl methyl sites for hydroxylation is 2. The lowest BCUT2D eigenvalue weighted by Gasteiger charge is -2.13. The Bertz CT molecular complexity index is 669. The molecule has 0 aliphatic heterocycles. The maximum Gasteiger partial charge on any atom is 0.193 e. The van der Waals surface area contributed by atoms with Gasteiger partial charge in [-0.25, -0.2) is 9.38 Å². The van der Waals surface area contributed by atoms with E-state index in [4.69, 9.17) is 10.5 Å². The minimum atomic E-state index is -0.287. The van der Waals surface area contributed by atoms with Gasteiger partial charge in [0.15, 0.2) is 5.96 Å². The van der Waals surface area contributed by atoms with Crippen LogP contribution >= 0.6 is 24.0 Å². The Balaban J connectivity index is 0.00000288. The number of halogens is 2. The molecule has 0 aliphatic carbocycles. The molecule has 0 bridgehead atoms. The number of hydrogen-bond acceptors (Lipinski definition) is 2. The Morgan fingerprint density at radius 1 is 1.17 bits per heavy atom. The van der Waals surface area contributed by atoms with E-state index in [1.54, 1.807) is 12.1 Å². The van der Waals surface area contributed by atoms with E-state index < -0.39 is 0 Å². The quantitative estimate of drug-likeness (QED) is 0.413. The first kappa shape index (κ1) is 20.2. The Labute approximate surface area is 159 Å². The predicted molar refractivity (Wildman–Crippen MR) is 108 cm³/mol. The highest BCUT2D eigenvalue weighted by Gasteiger charge is 2.04. The van der Waals surface area contributed by atoms with E-state index in [9.17, 15) is 4.39 Å². The number of benzene rings is 2. The van der Waals surface area contributed by atoms with Gasteiger partial charge in [0.05, 0.1) is 6.54 Å². The minimum Gasteiger partial charge on any atom is -0.489 e. The van der Waals surface area contributed by atoms with Crippen LogP contribution in [0.3, 0.4) is 0 Å². The molecule has 130 valence electrons. The van der Waals surface area contributed by atoms with Gasteiger partial charge in [-0.1, -0.05) is 6.07 Å². The van der Waals surface area contributed by atoms with E-state index in [0.717, 1.165) is 16.8 Å². The molecule has 0 radical (unpaired) electrons. The van der Waals surface area contributed by atoms with Crippen LogP contribution in [0.4, 0.5) is 10.1 Å². The van der Waals surface area contributed by atoms with Crippen molar-refractivity contribution in [1.29, 1.82) is 0 Å². The zero-order valence-electron chi connectivity index (χ0n) is 14.0. The molecule has 2 aromatic rings.